The van der Waals surface area contributed by atoms with Crippen molar-refractivity contribution in [3.8, 4) is 5.75 Å². The number of hydrogen-bond donors (Lipinski definition) is 0. The molecule has 0 N–H and O–H groups in total. The van der Waals surface area contributed by atoms with Gasteiger partial charge in [-0.1, -0.05) is 48.5 Å². The molecule has 0 atom stereocenters. The first kappa shape index (κ1) is 18.2. The molecule has 0 amide bonds. The topological polar surface area (TPSA) is 39.2 Å². The molecule has 0 aliphatic rings. The Kier molecular flexibility index (Phi) is 5.36. The number of hydrogen-bond acceptors (Lipinski definition) is 3. The van der Waals surface area contributed by atoms with Crippen LogP contribution in [0.4, 0.5) is 0 Å². The predicted molar refractivity (Wildman–Crippen MR) is 112 cm³/mol. The van der Waals surface area contributed by atoms with Gasteiger partial charge in [0.1, 0.15) is 12.4 Å². The summed E-state index contributed by atoms with van der Waals surface area (Å²) in [6.45, 7) is 0.429. The van der Waals surface area contributed by atoms with Crippen LogP contribution in [0.25, 0.3) is 10.9 Å². The van der Waals surface area contributed by atoms with Crippen molar-refractivity contribution in [3.63, 3.8) is 0 Å². The molecule has 0 spiro atoms. The van der Waals surface area contributed by atoms with Crippen LogP contribution in [-0.4, -0.2) is 10.2 Å². The average Bonchev–Trinajstić information content (AvgIpc) is 2.73. The fraction of sp³-hybridized carbons (Fsp3) is 0.0833. The fourth-order valence-corrected chi connectivity index (χ4v) is 3.16. The maximum Gasteiger partial charge on any atom is 0.252 e. The van der Waals surface area contributed by atoms with E-state index in [1.54, 1.807) is 12.1 Å². The van der Waals surface area contributed by atoms with E-state index >= 15 is 0 Å². The molecular weight excluding hydrogens is 370 g/mol. The van der Waals surface area contributed by atoms with Crippen molar-refractivity contribution in [1.29, 1.82) is 0 Å². The van der Waals surface area contributed by atoms with Crippen LogP contribution in [0.3, 0.4) is 0 Å². The quantitative estimate of drug-likeness (QED) is 0.393. The van der Waals surface area contributed by atoms with E-state index in [2.05, 4.69) is 11.1 Å². The van der Waals surface area contributed by atoms with E-state index in [4.69, 9.17) is 16.3 Å². The van der Waals surface area contributed by atoms with Crippen molar-refractivity contribution in [1.82, 2.24) is 4.98 Å². The van der Waals surface area contributed by atoms with Gasteiger partial charge in [0.25, 0.3) is 5.24 Å². The molecule has 0 saturated carbocycles. The van der Waals surface area contributed by atoms with Crippen LogP contribution in [0.15, 0.2) is 84.9 Å². The lowest BCUT2D eigenvalue weighted by molar-refractivity contribution is 0.108. The van der Waals surface area contributed by atoms with Crippen LogP contribution in [0, 0.1) is 0 Å². The minimum absolute atomic E-state index is 0.429. The predicted octanol–water partition coefficient (Wildman–Crippen LogP) is 5.78. The number of carbonyl (C=O) groups is 1. The Labute approximate surface area is 168 Å². The normalized spacial score (nSPS) is 10.8. The first-order valence-corrected chi connectivity index (χ1v) is 9.40. The molecule has 28 heavy (non-hydrogen) atoms. The first-order valence-electron chi connectivity index (χ1n) is 9.02. The Morgan fingerprint density at radius 2 is 1.50 bits per heavy atom. The summed E-state index contributed by atoms with van der Waals surface area (Å²) >= 11 is 5.48. The van der Waals surface area contributed by atoms with E-state index in [9.17, 15) is 4.79 Å². The summed E-state index contributed by atoms with van der Waals surface area (Å²) in [5.74, 6) is 0.807. The van der Waals surface area contributed by atoms with Gasteiger partial charge in [0.2, 0.25) is 0 Å². The molecule has 0 saturated heterocycles. The number of nitrogens with zero attached hydrogens (tertiary/aromatic N) is 1. The third-order valence-electron chi connectivity index (χ3n) is 4.56. The summed E-state index contributed by atoms with van der Waals surface area (Å²) in [4.78, 5) is 15.8. The van der Waals surface area contributed by atoms with Gasteiger partial charge in [0.05, 0.1) is 11.2 Å². The maximum absolute atomic E-state index is 11.1. The van der Waals surface area contributed by atoms with Crippen LogP contribution in [-0.2, 0) is 13.0 Å². The van der Waals surface area contributed by atoms with Crippen molar-refractivity contribution in [2.75, 3.05) is 0 Å². The molecule has 0 radical (unpaired) electrons. The van der Waals surface area contributed by atoms with E-state index in [1.165, 1.54) is 5.56 Å². The van der Waals surface area contributed by atoms with Crippen LogP contribution in [0.2, 0.25) is 0 Å². The average molecular weight is 388 g/mol. The largest absolute Gasteiger partial charge is 0.487 e. The second-order valence-corrected chi connectivity index (χ2v) is 6.92. The second-order valence-electron chi connectivity index (χ2n) is 6.58. The molecule has 4 aromatic rings. The monoisotopic (exact) mass is 387 g/mol. The molecular formula is C24H18ClNO2. The molecule has 0 aliphatic heterocycles. The number of benzene rings is 3. The molecule has 0 aliphatic carbocycles. The van der Waals surface area contributed by atoms with Gasteiger partial charge in [-0.15, -0.1) is 0 Å². The zero-order valence-corrected chi connectivity index (χ0v) is 15.9. The number of fused-ring (bicyclic) bond motifs is 1. The highest BCUT2D eigenvalue weighted by Crippen LogP contribution is 2.18. The van der Waals surface area contributed by atoms with E-state index in [-0.39, 0.29) is 0 Å². The number of ether oxygens (including phenoxy) is 1. The van der Waals surface area contributed by atoms with E-state index in [0.29, 0.717) is 12.2 Å². The third-order valence-corrected chi connectivity index (χ3v) is 4.77. The highest BCUT2D eigenvalue weighted by Gasteiger charge is 2.03. The molecule has 3 aromatic carbocycles. The number of carbonyl (C=O) groups excluding carboxylic acids is 1. The molecule has 0 fully saturated rings. The highest BCUT2D eigenvalue weighted by atomic mass is 35.5. The number of para-hydroxylation sites is 1. The Morgan fingerprint density at radius 1 is 0.821 bits per heavy atom. The van der Waals surface area contributed by atoms with Gasteiger partial charge in [-0.3, -0.25) is 4.79 Å². The molecule has 1 heterocycles. The van der Waals surface area contributed by atoms with Crippen molar-refractivity contribution in [2.45, 2.75) is 13.0 Å². The van der Waals surface area contributed by atoms with Crippen molar-refractivity contribution < 1.29 is 9.53 Å². The third kappa shape index (κ3) is 4.38. The minimum Gasteiger partial charge on any atom is -0.487 e. The van der Waals surface area contributed by atoms with Crippen LogP contribution in [0.5, 0.6) is 5.75 Å². The van der Waals surface area contributed by atoms with Gasteiger partial charge in [0, 0.05) is 10.9 Å². The van der Waals surface area contributed by atoms with Gasteiger partial charge in [-0.25, -0.2) is 4.98 Å². The first-order chi connectivity index (χ1) is 13.7. The SMILES string of the molecule is O=C(Cl)c1ccc(Cc2ccc(OCc3ccc4ccccc4n3)cc2)cc1. The highest BCUT2D eigenvalue weighted by molar-refractivity contribution is 6.67. The standard InChI is InChI=1S/C24H18ClNO2/c25-24(27)20-9-5-17(6-10-20)15-18-7-13-22(14-8-18)28-16-21-12-11-19-3-1-2-4-23(19)26-21/h1-14H,15-16H2. The summed E-state index contributed by atoms with van der Waals surface area (Å²) in [5, 5.41) is 0.688. The molecule has 138 valence electrons. The van der Waals surface area contributed by atoms with E-state index in [0.717, 1.165) is 34.3 Å². The van der Waals surface area contributed by atoms with Gasteiger partial charge in [-0.05, 0) is 65.5 Å². The van der Waals surface area contributed by atoms with Crippen LogP contribution >= 0.6 is 11.6 Å². The Hall–Kier alpha value is -3.17. The van der Waals surface area contributed by atoms with Crippen LogP contribution in [0.1, 0.15) is 27.2 Å². The lowest BCUT2D eigenvalue weighted by Crippen LogP contribution is -1.98. The zero-order valence-electron chi connectivity index (χ0n) is 15.1. The number of rotatable bonds is 6. The van der Waals surface area contributed by atoms with Gasteiger partial charge in [0.15, 0.2) is 0 Å². The van der Waals surface area contributed by atoms with Gasteiger partial charge >= 0.3 is 0 Å². The fourth-order valence-electron chi connectivity index (χ4n) is 3.04. The summed E-state index contributed by atoms with van der Waals surface area (Å²) in [7, 11) is 0. The summed E-state index contributed by atoms with van der Waals surface area (Å²) < 4.78 is 5.87. The second kappa shape index (κ2) is 8.24. The van der Waals surface area contributed by atoms with Gasteiger partial charge < -0.3 is 4.74 Å². The number of halogens is 1. The van der Waals surface area contributed by atoms with Crippen LogP contribution < -0.4 is 4.74 Å². The Morgan fingerprint density at radius 3 is 2.21 bits per heavy atom. The number of aromatic nitrogens is 1. The van der Waals surface area contributed by atoms with Crippen molar-refractivity contribution in [3.05, 3.63) is 107 Å². The molecule has 1 aromatic heterocycles. The minimum atomic E-state index is -0.436. The van der Waals surface area contributed by atoms with Crippen molar-refractivity contribution in [2.24, 2.45) is 0 Å². The molecule has 4 rings (SSSR count). The lowest BCUT2D eigenvalue weighted by atomic mass is 10.0. The molecule has 0 unspecified atom stereocenters. The Bertz CT molecular complexity index is 1110. The molecule has 4 heteroatoms. The Balaban J connectivity index is 1.37. The summed E-state index contributed by atoms with van der Waals surface area (Å²) in [5.41, 5.74) is 4.67. The van der Waals surface area contributed by atoms with E-state index < -0.39 is 5.24 Å². The van der Waals surface area contributed by atoms with E-state index in [1.807, 2.05) is 66.7 Å². The van der Waals surface area contributed by atoms with Gasteiger partial charge in [-0.2, -0.15) is 0 Å². The molecule has 3 nitrogen and oxygen atoms in total. The lowest BCUT2D eigenvalue weighted by Gasteiger charge is -2.08. The summed E-state index contributed by atoms with van der Waals surface area (Å²) in [6.07, 6.45) is 0.781. The molecule has 0 bridgehead atoms. The summed E-state index contributed by atoms with van der Waals surface area (Å²) in [6, 6.07) is 27.5. The maximum atomic E-state index is 11.1. The van der Waals surface area contributed by atoms with Crippen molar-refractivity contribution >= 4 is 27.7 Å². The zero-order chi connectivity index (χ0) is 19.3. The number of pyridine rings is 1. The smallest absolute Gasteiger partial charge is 0.252 e.